The third-order valence-electron chi connectivity index (χ3n) is 2.68. The lowest BCUT2D eigenvalue weighted by molar-refractivity contribution is -0.137. The molecular formula is C13H19F3N2S. The molecule has 1 rings (SSSR count). The fourth-order valence-corrected chi connectivity index (χ4v) is 2.20. The van der Waals surface area contributed by atoms with Gasteiger partial charge in [0.1, 0.15) is 5.82 Å². The predicted octanol–water partition coefficient (Wildman–Crippen LogP) is 4.44. The third kappa shape index (κ3) is 6.18. The number of rotatable bonds is 8. The number of unbranched alkanes of at least 4 members (excludes halogenated alkanes) is 3. The number of halogens is 3. The van der Waals surface area contributed by atoms with Gasteiger partial charge in [-0.2, -0.15) is 24.9 Å². The molecule has 1 heterocycles. The Morgan fingerprint density at radius 2 is 1.95 bits per heavy atom. The number of thioether (sulfide) groups is 1. The Kier molecular flexibility index (Phi) is 7.05. The van der Waals surface area contributed by atoms with Crippen LogP contribution in [0.15, 0.2) is 18.3 Å². The molecule has 0 saturated carbocycles. The maximum atomic E-state index is 12.7. The summed E-state index contributed by atoms with van der Waals surface area (Å²) in [6.45, 7) is 0.527. The van der Waals surface area contributed by atoms with Crippen LogP contribution < -0.4 is 5.32 Å². The number of nitrogens with one attached hydrogen (secondary N) is 1. The SMILES string of the molecule is CSCCCCCCNc1ncccc1C(F)(F)F. The van der Waals surface area contributed by atoms with Crippen LogP contribution in [0.2, 0.25) is 0 Å². The minimum absolute atomic E-state index is 0.0703. The number of hydrogen-bond acceptors (Lipinski definition) is 3. The van der Waals surface area contributed by atoms with Crippen molar-refractivity contribution in [3.8, 4) is 0 Å². The molecule has 0 aliphatic heterocycles. The zero-order valence-electron chi connectivity index (χ0n) is 11.0. The van der Waals surface area contributed by atoms with Crippen molar-refractivity contribution in [2.24, 2.45) is 0 Å². The van der Waals surface area contributed by atoms with Gasteiger partial charge in [-0.25, -0.2) is 4.98 Å². The van der Waals surface area contributed by atoms with Crippen molar-refractivity contribution < 1.29 is 13.2 Å². The van der Waals surface area contributed by atoms with E-state index in [-0.39, 0.29) is 5.82 Å². The second kappa shape index (κ2) is 8.30. The average Bonchev–Trinajstić information content (AvgIpc) is 2.37. The van der Waals surface area contributed by atoms with Crippen molar-refractivity contribution in [1.29, 1.82) is 0 Å². The highest BCUT2D eigenvalue weighted by Crippen LogP contribution is 2.33. The van der Waals surface area contributed by atoms with E-state index >= 15 is 0 Å². The monoisotopic (exact) mass is 292 g/mol. The molecule has 1 aromatic rings. The molecule has 0 aromatic carbocycles. The van der Waals surface area contributed by atoms with Crippen molar-refractivity contribution in [3.63, 3.8) is 0 Å². The van der Waals surface area contributed by atoms with Gasteiger partial charge in [0.25, 0.3) is 0 Å². The molecule has 0 fully saturated rings. The second-order valence-corrected chi connectivity index (χ2v) is 5.22. The lowest BCUT2D eigenvalue weighted by Crippen LogP contribution is -2.12. The van der Waals surface area contributed by atoms with E-state index in [1.54, 1.807) is 0 Å². The third-order valence-corrected chi connectivity index (χ3v) is 3.38. The molecule has 1 aromatic heterocycles. The molecule has 108 valence electrons. The van der Waals surface area contributed by atoms with E-state index in [1.807, 2.05) is 11.8 Å². The minimum atomic E-state index is -4.35. The molecule has 6 heteroatoms. The fourth-order valence-electron chi connectivity index (χ4n) is 1.71. The largest absolute Gasteiger partial charge is 0.419 e. The Morgan fingerprint density at radius 3 is 2.63 bits per heavy atom. The quantitative estimate of drug-likeness (QED) is 0.717. The predicted molar refractivity (Wildman–Crippen MR) is 74.6 cm³/mol. The molecule has 0 bridgehead atoms. The van der Waals surface area contributed by atoms with Gasteiger partial charge in [0, 0.05) is 12.7 Å². The molecule has 0 aliphatic carbocycles. The van der Waals surface area contributed by atoms with Crippen LogP contribution in [0.1, 0.15) is 31.2 Å². The number of nitrogens with zero attached hydrogens (tertiary/aromatic N) is 1. The van der Waals surface area contributed by atoms with Gasteiger partial charge in [-0.05, 0) is 37.0 Å². The van der Waals surface area contributed by atoms with Crippen LogP contribution in [0.3, 0.4) is 0 Å². The van der Waals surface area contributed by atoms with Gasteiger partial charge in [0.15, 0.2) is 0 Å². The van der Waals surface area contributed by atoms with Gasteiger partial charge in [-0.3, -0.25) is 0 Å². The first-order valence-corrected chi connectivity index (χ1v) is 7.70. The van der Waals surface area contributed by atoms with Crippen LogP contribution in [0.5, 0.6) is 0 Å². The Labute approximate surface area is 116 Å². The average molecular weight is 292 g/mol. The Balaban J connectivity index is 2.33. The van der Waals surface area contributed by atoms with Crippen molar-refractivity contribution in [2.45, 2.75) is 31.9 Å². The maximum absolute atomic E-state index is 12.7. The van der Waals surface area contributed by atoms with Crippen LogP contribution in [-0.4, -0.2) is 23.5 Å². The number of anilines is 1. The van der Waals surface area contributed by atoms with Crippen LogP contribution in [-0.2, 0) is 6.18 Å². The maximum Gasteiger partial charge on any atom is 0.419 e. The first-order chi connectivity index (χ1) is 9.05. The summed E-state index contributed by atoms with van der Waals surface area (Å²) >= 11 is 1.82. The van der Waals surface area contributed by atoms with Crippen molar-refractivity contribution >= 4 is 17.6 Å². The Hall–Kier alpha value is -0.910. The highest BCUT2D eigenvalue weighted by molar-refractivity contribution is 7.98. The van der Waals surface area contributed by atoms with Gasteiger partial charge < -0.3 is 5.32 Å². The Bertz CT molecular complexity index is 369. The lowest BCUT2D eigenvalue weighted by atomic mass is 10.2. The summed E-state index contributed by atoms with van der Waals surface area (Å²) in [4.78, 5) is 3.76. The van der Waals surface area contributed by atoms with E-state index in [1.165, 1.54) is 18.7 Å². The summed E-state index contributed by atoms with van der Waals surface area (Å²) in [6, 6.07) is 2.35. The zero-order chi connectivity index (χ0) is 14.1. The molecule has 0 saturated heterocycles. The second-order valence-electron chi connectivity index (χ2n) is 4.23. The van der Waals surface area contributed by atoms with Crippen molar-refractivity contribution in [3.05, 3.63) is 23.9 Å². The number of alkyl halides is 3. The van der Waals surface area contributed by atoms with Gasteiger partial charge in [-0.15, -0.1) is 0 Å². The summed E-state index contributed by atoms with van der Waals surface area (Å²) < 4.78 is 38.0. The molecule has 0 aliphatic rings. The molecular weight excluding hydrogens is 273 g/mol. The fraction of sp³-hybridized carbons (Fsp3) is 0.615. The number of aromatic nitrogens is 1. The zero-order valence-corrected chi connectivity index (χ0v) is 11.8. The normalized spacial score (nSPS) is 11.6. The van der Waals surface area contributed by atoms with Crippen LogP contribution in [0.25, 0.3) is 0 Å². The highest BCUT2D eigenvalue weighted by Gasteiger charge is 2.33. The Morgan fingerprint density at radius 1 is 1.21 bits per heavy atom. The van der Waals surface area contributed by atoms with Gasteiger partial charge >= 0.3 is 6.18 Å². The summed E-state index contributed by atoms with van der Waals surface area (Å²) in [6.07, 6.45) is 3.27. The first kappa shape index (κ1) is 16.1. The van der Waals surface area contributed by atoms with E-state index in [4.69, 9.17) is 0 Å². The minimum Gasteiger partial charge on any atom is -0.370 e. The molecule has 0 unspecified atom stereocenters. The molecule has 2 nitrogen and oxygen atoms in total. The molecule has 1 N–H and O–H groups in total. The molecule has 0 atom stereocenters. The van der Waals surface area contributed by atoms with Gasteiger partial charge in [0.05, 0.1) is 5.56 Å². The van der Waals surface area contributed by atoms with Gasteiger partial charge in [0.2, 0.25) is 0 Å². The molecule has 0 spiro atoms. The standard InChI is InChI=1S/C13H19F3N2S/c1-19-10-5-3-2-4-8-17-12-11(13(14,15)16)7-6-9-18-12/h6-7,9H,2-5,8,10H2,1H3,(H,17,18). The lowest BCUT2D eigenvalue weighted by Gasteiger charge is -2.12. The summed E-state index contributed by atoms with van der Waals surface area (Å²) in [7, 11) is 0. The van der Waals surface area contributed by atoms with Crippen molar-refractivity contribution in [2.75, 3.05) is 23.9 Å². The van der Waals surface area contributed by atoms with E-state index in [2.05, 4.69) is 16.6 Å². The highest BCUT2D eigenvalue weighted by atomic mass is 32.2. The number of pyridine rings is 1. The van der Waals surface area contributed by atoms with E-state index < -0.39 is 11.7 Å². The summed E-state index contributed by atoms with van der Waals surface area (Å²) in [5, 5.41) is 2.77. The molecule has 0 amide bonds. The van der Waals surface area contributed by atoms with E-state index in [0.29, 0.717) is 6.54 Å². The van der Waals surface area contributed by atoms with Crippen molar-refractivity contribution in [1.82, 2.24) is 4.98 Å². The smallest absolute Gasteiger partial charge is 0.370 e. The van der Waals surface area contributed by atoms with Crippen LogP contribution >= 0.6 is 11.8 Å². The molecule has 0 radical (unpaired) electrons. The molecule has 19 heavy (non-hydrogen) atoms. The first-order valence-electron chi connectivity index (χ1n) is 6.30. The van der Waals surface area contributed by atoms with Gasteiger partial charge in [-0.1, -0.05) is 12.8 Å². The topological polar surface area (TPSA) is 24.9 Å². The van der Waals surface area contributed by atoms with E-state index in [0.717, 1.165) is 31.1 Å². The summed E-state index contributed by atoms with van der Waals surface area (Å²) in [5.41, 5.74) is -0.697. The number of hydrogen-bond donors (Lipinski definition) is 1. The van der Waals surface area contributed by atoms with Crippen LogP contribution in [0.4, 0.5) is 19.0 Å². The van der Waals surface area contributed by atoms with Crippen LogP contribution in [0, 0.1) is 0 Å². The van der Waals surface area contributed by atoms with E-state index in [9.17, 15) is 13.2 Å². The summed E-state index contributed by atoms with van der Waals surface area (Å²) in [5.74, 6) is 1.07.